The summed E-state index contributed by atoms with van der Waals surface area (Å²) in [5.74, 6) is 0.767. The van der Waals surface area contributed by atoms with E-state index < -0.39 is 0 Å². The number of aromatic nitrogens is 1. The van der Waals surface area contributed by atoms with Gasteiger partial charge >= 0.3 is 0 Å². The minimum atomic E-state index is 0.624. The molecular formula is C21H15NO2S. The number of carbonyl (C=O) groups is 1. The smallest absolute Gasteiger partial charge is 0.150 e. The molecule has 0 aliphatic heterocycles. The second-order valence-corrected chi connectivity index (χ2v) is 6.17. The molecule has 0 aliphatic carbocycles. The first-order chi connectivity index (χ1) is 12.2. The Kier molecular flexibility index (Phi) is 3.82. The number of methoxy groups -OCH3 is 1. The molecule has 4 aromatic rings. The van der Waals surface area contributed by atoms with Crippen molar-refractivity contribution in [1.29, 1.82) is 0 Å². The highest BCUT2D eigenvalue weighted by Gasteiger charge is 2.16. The lowest BCUT2D eigenvalue weighted by molar-refractivity contribution is 0.112. The van der Waals surface area contributed by atoms with E-state index in [9.17, 15) is 4.79 Å². The van der Waals surface area contributed by atoms with Crippen molar-refractivity contribution in [2.24, 2.45) is 0 Å². The molecule has 4 rings (SSSR count). The van der Waals surface area contributed by atoms with E-state index in [2.05, 4.69) is 0 Å². The first-order valence-corrected chi connectivity index (χ1v) is 8.31. The van der Waals surface area contributed by atoms with Crippen LogP contribution in [0.15, 0.2) is 66.7 Å². The van der Waals surface area contributed by atoms with Crippen molar-refractivity contribution in [2.75, 3.05) is 7.11 Å². The standard InChI is InChI=1S/C21H15NO2S/c1-24-16-8-10-18-17-9-7-14(13-23)11-19(17)22(20(18)12-16)21(25)15-5-3-2-4-6-15/h2-13H,1H3. The Balaban J connectivity index is 2.10. The molecule has 0 saturated carbocycles. The first-order valence-electron chi connectivity index (χ1n) is 7.90. The van der Waals surface area contributed by atoms with E-state index in [4.69, 9.17) is 17.0 Å². The molecule has 0 atom stereocenters. The van der Waals surface area contributed by atoms with E-state index >= 15 is 0 Å². The average Bonchev–Trinajstić information content (AvgIpc) is 3.00. The number of aldehydes is 1. The molecule has 3 aromatic carbocycles. The van der Waals surface area contributed by atoms with Crippen molar-refractivity contribution in [3.63, 3.8) is 0 Å². The topological polar surface area (TPSA) is 31.2 Å². The molecular weight excluding hydrogens is 330 g/mol. The normalized spacial score (nSPS) is 10.9. The molecule has 1 aromatic heterocycles. The van der Waals surface area contributed by atoms with Gasteiger partial charge in [-0.25, -0.2) is 0 Å². The zero-order chi connectivity index (χ0) is 17.4. The van der Waals surface area contributed by atoms with E-state index in [-0.39, 0.29) is 0 Å². The van der Waals surface area contributed by atoms with Crippen molar-refractivity contribution in [1.82, 2.24) is 4.57 Å². The predicted octanol–water partition coefficient (Wildman–Crippen LogP) is 4.84. The number of ether oxygens (including phenoxy) is 1. The fourth-order valence-electron chi connectivity index (χ4n) is 3.14. The molecule has 0 bridgehead atoms. The van der Waals surface area contributed by atoms with E-state index in [0.717, 1.165) is 39.4 Å². The van der Waals surface area contributed by atoms with Crippen molar-refractivity contribution in [3.05, 3.63) is 77.9 Å². The van der Waals surface area contributed by atoms with Crippen LogP contribution >= 0.6 is 12.2 Å². The second-order valence-electron chi connectivity index (χ2n) is 5.78. The van der Waals surface area contributed by atoms with Gasteiger partial charge in [-0.05, 0) is 18.2 Å². The number of rotatable bonds is 3. The Hall–Kier alpha value is -2.98. The summed E-state index contributed by atoms with van der Waals surface area (Å²) < 4.78 is 7.41. The fraction of sp³-hybridized carbons (Fsp3) is 0.0476. The van der Waals surface area contributed by atoms with Crippen LogP contribution in [0.25, 0.3) is 21.8 Å². The SMILES string of the molecule is COc1ccc2c3ccc(C=O)cc3n(C(=S)c3ccccc3)c2c1. The fourth-order valence-corrected chi connectivity index (χ4v) is 3.48. The number of benzene rings is 3. The summed E-state index contributed by atoms with van der Waals surface area (Å²) in [4.78, 5) is 11.9. The van der Waals surface area contributed by atoms with Gasteiger partial charge in [0, 0.05) is 28.0 Å². The van der Waals surface area contributed by atoms with Gasteiger partial charge in [-0.1, -0.05) is 54.7 Å². The van der Waals surface area contributed by atoms with Crippen LogP contribution in [-0.4, -0.2) is 23.0 Å². The van der Waals surface area contributed by atoms with Gasteiger partial charge in [-0.2, -0.15) is 0 Å². The molecule has 0 N–H and O–H groups in total. The Bertz CT molecular complexity index is 1110. The third kappa shape index (κ3) is 2.51. The molecule has 0 saturated heterocycles. The summed E-state index contributed by atoms with van der Waals surface area (Å²) in [6.45, 7) is 0. The second kappa shape index (κ2) is 6.15. The number of fused-ring (bicyclic) bond motifs is 3. The van der Waals surface area contributed by atoms with Gasteiger partial charge in [0.25, 0.3) is 0 Å². The minimum absolute atomic E-state index is 0.624. The Labute approximate surface area is 150 Å². The minimum Gasteiger partial charge on any atom is -0.497 e. The summed E-state index contributed by atoms with van der Waals surface area (Å²) in [6, 6.07) is 21.5. The van der Waals surface area contributed by atoms with E-state index in [0.29, 0.717) is 10.6 Å². The highest BCUT2D eigenvalue weighted by Crippen LogP contribution is 2.33. The van der Waals surface area contributed by atoms with Crippen LogP contribution in [0.5, 0.6) is 5.75 Å². The number of nitrogens with zero attached hydrogens (tertiary/aromatic N) is 1. The first kappa shape index (κ1) is 15.5. The highest BCUT2D eigenvalue weighted by atomic mass is 32.1. The van der Waals surface area contributed by atoms with Crippen LogP contribution in [0.2, 0.25) is 0 Å². The van der Waals surface area contributed by atoms with E-state index in [1.165, 1.54) is 0 Å². The average molecular weight is 345 g/mol. The number of thiocarbonyl (C=S) groups is 1. The zero-order valence-corrected chi connectivity index (χ0v) is 14.4. The van der Waals surface area contributed by atoms with Gasteiger partial charge < -0.3 is 4.74 Å². The molecule has 0 spiro atoms. The summed E-state index contributed by atoms with van der Waals surface area (Å²) in [6.07, 6.45) is 0.855. The molecule has 0 amide bonds. The van der Waals surface area contributed by atoms with Gasteiger partial charge in [0.1, 0.15) is 17.0 Å². The molecule has 0 radical (unpaired) electrons. The summed E-state index contributed by atoms with van der Waals surface area (Å²) >= 11 is 5.79. The maximum atomic E-state index is 11.3. The summed E-state index contributed by atoms with van der Waals surface area (Å²) in [7, 11) is 1.65. The van der Waals surface area contributed by atoms with E-state index in [1.807, 2.05) is 71.3 Å². The molecule has 122 valence electrons. The quantitative estimate of drug-likeness (QED) is 0.393. The van der Waals surface area contributed by atoms with Gasteiger partial charge in [0.05, 0.1) is 18.1 Å². The van der Waals surface area contributed by atoms with Crippen molar-refractivity contribution in [2.45, 2.75) is 0 Å². The molecule has 4 heteroatoms. The Morgan fingerprint density at radius 1 is 0.960 bits per heavy atom. The van der Waals surface area contributed by atoms with Gasteiger partial charge in [-0.15, -0.1) is 0 Å². The molecule has 0 aliphatic rings. The lowest BCUT2D eigenvalue weighted by Crippen LogP contribution is -2.10. The predicted molar refractivity (Wildman–Crippen MR) is 105 cm³/mol. The number of carbonyl (C=O) groups excluding carboxylic acids is 1. The number of hydrogen-bond donors (Lipinski definition) is 0. The largest absolute Gasteiger partial charge is 0.497 e. The van der Waals surface area contributed by atoms with Crippen molar-refractivity contribution < 1.29 is 9.53 Å². The monoisotopic (exact) mass is 345 g/mol. The zero-order valence-electron chi connectivity index (χ0n) is 13.6. The molecule has 0 unspecified atom stereocenters. The van der Waals surface area contributed by atoms with Crippen molar-refractivity contribution >= 4 is 45.3 Å². The molecule has 3 nitrogen and oxygen atoms in total. The lowest BCUT2D eigenvalue weighted by Gasteiger charge is -2.10. The Morgan fingerprint density at radius 3 is 2.32 bits per heavy atom. The highest BCUT2D eigenvalue weighted by molar-refractivity contribution is 7.80. The lowest BCUT2D eigenvalue weighted by atomic mass is 10.1. The van der Waals surface area contributed by atoms with Crippen LogP contribution in [0.1, 0.15) is 15.9 Å². The van der Waals surface area contributed by atoms with Crippen LogP contribution < -0.4 is 4.74 Å². The summed E-state index contributed by atoms with van der Waals surface area (Å²) in [5, 5.41) is 2.13. The van der Waals surface area contributed by atoms with Crippen LogP contribution in [-0.2, 0) is 0 Å². The molecule has 25 heavy (non-hydrogen) atoms. The third-order valence-electron chi connectivity index (χ3n) is 4.36. The van der Waals surface area contributed by atoms with Crippen LogP contribution in [0.3, 0.4) is 0 Å². The molecule has 0 fully saturated rings. The maximum Gasteiger partial charge on any atom is 0.150 e. The maximum absolute atomic E-state index is 11.3. The van der Waals surface area contributed by atoms with Gasteiger partial charge in [0.15, 0.2) is 0 Å². The van der Waals surface area contributed by atoms with Gasteiger partial charge in [0.2, 0.25) is 0 Å². The van der Waals surface area contributed by atoms with Gasteiger partial charge in [-0.3, -0.25) is 9.36 Å². The summed E-state index contributed by atoms with van der Waals surface area (Å²) in [5.41, 5.74) is 3.46. The molecule has 1 heterocycles. The third-order valence-corrected chi connectivity index (χ3v) is 4.78. The van der Waals surface area contributed by atoms with E-state index in [1.54, 1.807) is 7.11 Å². The van der Waals surface area contributed by atoms with Crippen LogP contribution in [0.4, 0.5) is 0 Å². The number of hydrogen-bond acceptors (Lipinski definition) is 3. The van der Waals surface area contributed by atoms with Crippen molar-refractivity contribution in [3.8, 4) is 5.75 Å². The van der Waals surface area contributed by atoms with Crippen LogP contribution in [0, 0.1) is 0 Å². The Morgan fingerprint density at radius 2 is 1.64 bits per heavy atom.